The Bertz CT molecular complexity index is 697. The van der Waals surface area contributed by atoms with E-state index in [1.807, 2.05) is 0 Å². The molecule has 0 unspecified atom stereocenters. The van der Waals surface area contributed by atoms with Gasteiger partial charge >= 0.3 is 0 Å². The quantitative estimate of drug-likeness (QED) is 0.676. The first-order chi connectivity index (χ1) is 11.4. The van der Waals surface area contributed by atoms with Gasteiger partial charge in [-0.2, -0.15) is 0 Å². The van der Waals surface area contributed by atoms with Gasteiger partial charge in [0.2, 0.25) is 0 Å². The van der Waals surface area contributed by atoms with Crippen LogP contribution < -0.4 is 10.1 Å². The average molecular weight is 375 g/mol. The minimum atomic E-state index is 0. The fourth-order valence-corrected chi connectivity index (χ4v) is 3.35. The van der Waals surface area contributed by atoms with Gasteiger partial charge in [-0.1, -0.05) is 48.0 Å². The Balaban J connectivity index is 0. The summed E-state index contributed by atoms with van der Waals surface area (Å²) >= 11 is 0. The SMILES string of the molecule is C#C.O.O.O.O.c1ccc2c(c1)COc1ccccc1C2=C1CCNCC1. The Hall–Kier alpha value is -2.66. The Morgan fingerprint density at radius 3 is 1.96 bits per heavy atom. The zero-order valence-corrected chi connectivity index (χ0v) is 15.2. The van der Waals surface area contributed by atoms with E-state index in [4.69, 9.17) is 4.74 Å². The molecule has 6 heteroatoms. The standard InChI is InChI=1S/C19H19NO.C2H2.4H2O/c1-2-6-16-15(5-1)13-21-18-8-4-3-7-17(18)19(16)14-9-11-20-12-10-14;1-2;;;;/h1-8,20H,9-13H2;1-2H;4*1H2. The van der Waals surface area contributed by atoms with Gasteiger partial charge in [-0.3, -0.25) is 0 Å². The van der Waals surface area contributed by atoms with Crippen LogP contribution in [0.25, 0.3) is 5.57 Å². The minimum Gasteiger partial charge on any atom is -0.488 e. The van der Waals surface area contributed by atoms with Crippen LogP contribution in [0.15, 0.2) is 54.1 Å². The first kappa shape index (κ1) is 26.6. The molecule has 2 heterocycles. The van der Waals surface area contributed by atoms with E-state index >= 15 is 0 Å². The second-order valence-electron chi connectivity index (χ2n) is 5.67. The van der Waals surface area contributed by atoms with Crippen molar-refractivity contribution in [3.05, 3.63) is 70.8 Å². The predicted octanol–water partition coefficient (Wildman–Crippen LogP) is 0.715. The Morgan fingerprint density at radius 2 is 1.30 bits per heavy atom. The van der Waals surface area contributed by atoms with Crippen LogP contribution in [-0.4, -0.2) is 35.0 Å². The summed E-state index contributed by atoms with van der Waals surface area (Å²) < 4.78 is 6.05. The lowest BCUT2D eigenvalue weighted by molar-refractivity contribution is 0.307. The highest BCUT2D eigenvalue weighted by Crippen LogP contribution is 2.40. The van der Waals surface area contributed by atoms with E-state index in [9.17, 15) is 0 Å². The van der Waals surface area contributed by atoms with Crippen molar-refractivity contribution in [1.82, 2.24) is 5.32 Å². The second kappa shape index (κ2) is 12.7. The molecule has 4 rings (SSSR count). The van der Waals surface area contributed by atoms with E-state index in [0.717, 1.165) is 31.7 Å². The van der Waals surface area contributed by atoms with E-state index in [1.165, 1.54) is 22.3 Å². The number of para-hydroxylation sites is 1. The maximum absolute atomic E-state index is 6.05. The van der Waals surface area contributed by atoms with Crippen molar-refractivity contribution in [2.45, 2.75) is 19.4 Å². The lowest BCUT2D eigenvalue weighted by atomic mass is 9.87. The van der Waals surface area contributed by atoms with Crippen molar-refractivity contribution in [2.24, 2.45) is 0 Å². The number of nitrogens with one attached hydrogen (secondary N) is 1. The molecular weight excluding hydrogens is 346 g/mol. The molecule has 0 aliphatic carbocycles. The van der Waals surface area contributed by atoms with Crippen molar-refractivity contribution in [2.75, 3.05) is 13.1 Å². The van der Waals surface area contributed by atoms with Gasteiger partial charge in [0.1, 0.15) is 12.4 Å². The minimum absolute atomic E-state index is 0. The molecule has 0 aromatic heterocycles. The molecule has 2 aliphatic rings. The summed E-state index contributed by atoms with van der Waals surface area (Å²) in [7, 11) is 0. The van der Waals surface area contributed by atoms with Crippen LogP contribution in [0.2, 0.25) is 0 Å². The van der Waals surface area contributed by atoms with Crippen LogP contribution in [0, 0.1) is 12.8 Å². The van der Waals surface area contributed by atoms with Crippen molar-refractivity contribution >= 4 is 5.57 Å². The van der Waals surface area contributed by atoms with E-state index in [2.05, 4.69) is 66.7 Å². The summed E-state index contributed by atoms with van der Waals surface area (Å²) in [6.45, 7) is 2.80. The summed E-state index contributed by atoms with van der Waals surface area (Å²) in [5.41, 5.74) is 6.84. The van der Waals surface area contributed by atoms with Gasteiger partial charge in [0, 0.05) is 5.56 Å². The van der Waals surface area contributed by atoms with Crippen molar-refractivity contribution in [3.63, 3.8) is 0 Å². The van der Waals surface area contributed by atoms with Gasteiger partial charge in [-0.15, -0.1) is 12.8 Å². The normalized spacial score (nSPS) is 13.7. The third kappa shape index (κ3) is 5.41. The van der Waals surface area contributed by atoms with Gasteiger partial charge in [-0.25, -0.2) is 0 Å². The highest BCUT2D eigenvalue weighted by Gasteiger charge is 2.22. The van der Waals surface area contributed by atoms with Crippen LogP contribution in [0.3, 0.4) is 0 Å². The molecule has 0 spiro atoms. The summed E-state index contributed by atoms with van der Waals surface area (Å²) in [6.07, 6.45) is 10.2. The second-order valence-corrected chi connectivity index (χ2v) is 5.67. The van der Waals surface area contributed by atoms with Crippen LogP contribution in [-0.2, 0) is 6.61 Å². The molecule has 0 radical (unpaired) electrons. The molecule has 2 aromatic carbocycles. The maximum Gasteiger partial charge on any atom is 0.127 e. The molecule has 148 valence electrons. The number of benzene rings is 2. The third-order valence-corrected chi connectivity index (χ3v) is 4.39. The first-order valence-electron chi connectivity index (χ1n) is 8.00. The predicted molar refractivity (Wildman–Crippen MR) is 110 cm³/mol. The molecule has 0 saturated carbocycles. The Morgan fingerprint density at radius 1 is 0.741 bits per heavy atom. The van der Waals surface area contributed by atoms with Crippen LogP contribution in [0.1, 0.15) is 29.5 Å². The smallest absolute Gasteiger partial charge is 0.127 e. The van der Waals surface area contributed by atoms with Gasteiger partial charge in [0.15, 0.2) is 0 Å². The number of rotatable bonds is 0. The topological polar surface area (TPSA) is 147 Å². The van der Waals surface area contributed by atoms with Crippen molar-refractivity contribution in [3.8, 4) is 18.6 Å². The van der Waals surface area contributed by atoms with Gasteiger partial charge < -0.3 is 32.0 Å². The molecule has 2 aliphatic heterocycles. The number of terminal acetylenes is 1. The highest BCUT2D eigenvalue weighted by molar-refractivity contribution is 5.87. The lowest BCUT2D eigenvalue weighted by Crippen LogP contribution is -2.23. The Kier molecular flexibility index (Phi) is 12.5. The monoisotopic (exact) mass is 375 g/mol. The molecule has 0 atom stereocenters. The molecule has 6 nitrogen and oxygen atoms in total. The molecule has 0 bridgehead atoms. The molecule has 1 saturated heterocycles. The first-order valence-corrected chi connectivity index (χ1v) is 8.00. The van der Waals surface area contributed by atoms with E-state index in [1.54, 1.807) is 5.57 Å². The molecular formula is C21H29NO5. The summed E-state index contributed by atoms with van der Waals surface area (Å²) in [4.78, 5) is 0. The van der Waals surface area contributed by atoms with E-state index in [0.29, 0.717) is 6.61 Å². The van der Waals surface area contributed by atoms with Gasteiger partial charge in [0.05, 0.1) is 0 Å². The largest absolute Gasteiger partial charge is 0.488 e. The maximum atomic E-state index is 6.05. The highest BCUT2D eigenvalue weighted by atomic mass is 16.5. The van der Waals surface area contributed by atoms with Gasteiger partial charge in [-0.05, 0) is 48.7 Å². The van der Waals surface area contributed by atoms with Crippen molar-refractivity contribution < 1.29 is 26.6 Å². The fraction of sp³-hybridized carbons (Fsp3) is 0.238. The number of piperidine rings is 1. The number of ether oxygens (including phenoxy) is 1. The van der Waals surface area contributed by atoms with Crippen LogP contribution >= 0.6 is 0 Å². The average Bonchev–Trinajstić information content (AvgIpc) is 2.81. The van der Waals surface area contributed by atoms with Crippen molar-refractivity contribution in [1.29, 1.82) is 0 Å². The van der Waals surface area contributed by atoms with E-state index < -0.39 is 0 Å². The number of hydrogen-bond acceptors (Lipinski definition) is 2. The molecule has 9 N–H and O–H groups in total. The molecule has 1 fully saturated rings. The molecule has 0 amide bonds. The number of hydrogen-bond donors (Lipinski definition) is 1. The van der Waals surface area contributed by atoms with Crippen LogP contribution in [0.4, 0.5) is 0 Å². The molecule has 27 heavy (non-hydrogen) atoms. The van der Waals surface area contributed by atoms with Crippen LogP contribution in [0.5, 0.6) is 5.75 Å². The third-order valence-electron chi connectivity index (χ3n) is 4.39. The van der Waals surface area contributed by atoms with Gasteiger partial charge in [0.25, 0.3) is 0 Å². The molecule has 2 aromatic rings. The summed E-state index contributed by atoms with van der Waals surface area (Å²) in [5.74, 6) is 1.01. The zero-order valence-electron chi connectivity index (χ0n) is 15.2. The Labute approximate surface area is 160 Å². The fourth-order valence-electron chi connectivity index (χ4n) is 3.35. The zero-order chi connectivity index (χ0) is 16.1. The van der Waals surface area contributed by atoms with E-state index in [-0.39, 0.29) is 21.9 Å². The number of fused-ring (bicyclic) bond motifs is 2. The summed E-state index contributed by atoms with van der Waals surface area (Å²) in [5, 5.41) is 3.45. The summed E-state index contributed by atoms with van der Waals surface area (Å²) in [6, 6.07) is 17.1. The lowest BCUT2D eigenvalue weighted by Gasteiger charge is -2.21.